The Kier molecular flexibility index (Phi) is 5.02. The fourth-order valence-electron chi connectivity index (χ4n) is 3.16. The summed E-state index contributed by atoms with van der Waals surface area (Å²) in [6.07, 6.45) is -3.72. The molecule has 0 amide bonds. The van der Waals surface area contributed by atoms with E-state index in [-0.39, 0.29) is 6.54 Å². The summed E-state index contributed by atoms with van der Waals surface area (Å²) in [5.74, 6) is -0.444. The zero-order valence-electron chi connectivity index (χ0n) is 14.0. The molecular weight excluding hydrogens is 348 g/mol. The van der Waals surface area contributed by atoms with Crippen LogP contribution in [0.4, 0.5) is 17.6 Å². The summed E-state index contributed by atoms with van der Waals surface area (Å²) >= 11 is 0. The molecule has 0 aliphatic heterocycles. The van der Waals surface area contributed by atoms with Gasteiger partial charge in [-0.25, -0.2) is 4.39 Å². The maximum absolute atomic E-state index is 13.7. The van der Waals surface area contributed by atoms with Crippen LogP contribution in [0.15, 0.2) is 54.7 Å². The number of aliphatic hydroxyl groups is 1. The smallest absolute Gasteiger partial charge is 0.389 e. The molecule has 2 atom stereocenters. The van der Waals surface area contributed by atoms with Crippen LogP contribution >= 0.6 is 0 Å². The van der Waals surface area contributed by atoms with Gasteiger partial charge in [0.05, 0.1) is 17.7 Å². The Morgan fingerprint density at radius 2 is 1.88 bits per heavy atom. The number of hydrogen-bond acceptors (Lipinski definition) is 2. The van der Waals surface area contributed by atoms with Gasteiger partial charge >= 0.3 is 6.18 Å². The lowest BCUT2D eigenvalue weighted by molar-refractivity contribution is -0.137. The van der Waals surface area contributed by atoms with Crippen molar-refractivity contribution in [2.24, 2.45) is 0 Å². The van der Waals surface area contributed by atoms with Crippen LogP contribution in [0.5, 0.6) is 0 Å². The van der Waals surface area contributed by atoms with E-state index in [4.69, 9.17) is 0 Å². The monoisotopic (exact) mass is 366 g/mol. The highest BCUT2D eigenvalue weighted by Gasteiger charge is 2.31. The van der Waals surface area contributed by atoms with Crippen molar-refractivity contribution in [3.63, 3.8) is 0 Å². The fraction of sp³-hybridized carbons (Fsp3) is 0.263. The van der Waals surface area contributed by atoms with Crippen molar-refractivity contribution in [1.29, 1.82) is 0 Å². The summed E-state index contributed by atoms with van der Waals surface area (Å²) in [5, 5.41) is 13.8. The molecule has 7 heteroatoms. The van der Waals surface area contributed by atoms with Crippen LogP contribution in [-0.4, -0.2) is 29.4 Å². The zero-order chi connectivity index (χ0) is 18.9. The average Bonchev–Trinajstić information content (AvgIpc) is 2.98. The third kappa shape index (κ3) is 3.59. The van der Waals surface area contributed by atoms with Gasteiger partial charge in [0.25, 0.3) is 0 Å². The van der Waals surface area contributed by atoms with Gasteiger partial charge in [-0.05, 0) is 49.0 Å². The second-order valence-corrected chi connectivity index (χ2v) is 6.12. The van der Waals surface area contributed by atoms with Crippen LogP contribution in [0.2, 0.25) is 0 Å². The number of aliphatic hydroxyl groups excluding tert-OH is 1. The Hall–Kier alpha value is -2.38. The molecule has 0 aliphatic carbocycles. The van der Waals surface area contributed by atoms with Gasteiger partial charge in [-0.1, -0.05) is 12.1 Å². The molecule has 138 valence electrons. The van der Waals surface area contributed by atoms with E-state index in [1.807, 2.05) is 0 Å². The number of nitrogens with zero attached hydrogens (tertiary/aromatic N) is 1. The third-order valence-corrected chi connectivity index (χ3v) is 4.32. The molecule has 3 nitrogen and oxygen atoms in total. The minimum absolute atomic E-state index is 0.238. The Morgan fingerprint density at radius 3 is 2.54 bits per heavy atom. The molecule has 3 rings (SSSR count). The second-order valence-electron chi connectivity index (χ2n) is 6.12. The van der Waals surface area contributed by atoms with Crippen molar-refractivity contribution < 1.29 is 22.7 Å². The Balaban J connectivity index is 2.12. The quantitative estimate of drug-likeness (QED) is 0.671. The van der Waals surface area contributed by atoms with Gasteiger partial charge in [0.2, 0.25) is 0 Å². The molecule has 1 heterocycles. The third-order valence-electron chi connectivity index (χ3n) is 4.32. The van der Waals surface area contributed by atoms with Crippen LogP contribution in [0.1, 0.15) is 17.2 Å². The number of fused-ring (bicyclic) bond motifs is 1. The van der Waals surface area contributed by atoms with E-state index >= 15 is 0 Å². The fourth-order valence-corrected chi connectivity index (χ4v) is 3.16. The van der Waals surface area contributed by atoms with Gasteiger partial charge in [-0.15, -0.1) is 0 Å². The predicted octanol–water partition coefficient (Wildman–Crippen LogP) is 3.97. The Labute approximate surface area is 147 Å². The molecule has 0 unspecified atom stereocenters. The summed E-state index contributed by atoms with van der Waals surface area (Å²) in [7, 11) is 1.68. The summed E-state index contributed by atoms with van der Waals surface area (Å²) in [4.78, 5) is 0. The number of benzene rings is 2. The van der Waals surface area contributed by atoms with Crippen LogP contribution < -0.4 is 5.32 Å². The number of likely N-dealkylation sites (N-methyl/N-ethyl adjacent to an activating group) is 1. The van der Waals surface area contributed by atoms with Crippen LogP contribution in [0.25, 0.3) is 10.9 Å². The van der Waals surface area contributed by atoms with Gasteiger partial charge < -0.3 is 15.0 Å². The van der Waals surface area contributed by atoms with Crippen LogP contribution in [-0.2, 0) is 6.18 Å². The van der Waals surface area contributed by atoms with Crippen molar-refractivity contribution in [3.8, 4) is 0 Å². The second kappa shape index (κ2) is 7.09. The minimum atomic E-state index is -4.43. The molecule has 0 radical (unpaired) electrons. The first kappa shape index (κ1) is 18.4. The highest BCUT2D eigenvalue weighted by Crippen LogP contribution is 2.34. The molecule has 0 bridgehead atoms. The molecule has 1 aromatic heterocycles. The normalized spacial score (nSPS) is 14.5. The summed E-state index contributed by atoms with van der Waals surface area (Å²) in [6, 6.07) is 10.2. The van der Waals surface area contributed by atoms with E-state index in [1.165, 1.54) is 24.3 Å². The van der Waals surface area contributed by atoms with Gasteiger partial charge in [-0.2, -0.15) is 13.2 Å². The van der Waals surface area contributed by atoms with E-state index in [0.29, 0.717) is 16.5 Å². The van der Waals surface area contributed by atoms with Crippen molar-refractivity contribution in [2.45, 2.75) is 18.3 Å². The number of nitrogens with one attached hydrogen (secondary N) is 1. The summed E-state index contributed by atoms with van der Waals surface area (Å²) in [6.45, 7) is 0.238. The van der Waals surface area contributed by atoms with Crippen molar-refractivity contribution in [1.82, 2.24) is 9.88 Å². The van der Waals surface area contributed by atoms with E-state index in [9.17, 15) is 22.7 Å². The van der Waals surface area contributed by atoms with Gasteiger partial charge in [0, 0.05) is 23.6 Å². The number of aromatic nitrogens is 1. The Bertz CT molecular complexity index is 904. The molecule has 3 aromatic rings. The van der Waals surface area contributed by atoms with Crippen molar-refractivity contribution in [3.05, 3.63) is 71.7 Å². The SMILES string of the molecule is CNC[C@@H](O)[C@H](c1cccc(F)c1)n1ccc2cc(C(F)(F)F)ccc21. The predicted molar refractivity (Wildman–Crippen MR) is 91.4 cm³/mol. The van der Waals surface area contributed by atoms with Gasteiger partial charge in [0.1, 0.15) is 5.82 Å². The van der Waals surface area contributed by atoms with Crippen molar-refractivity contribution in [2.75, 3.05) is 13.6 Å². The van der Waals surface area contributed by atoms with E-state index in [2.05, 4.69) is 5.32 Å². The number of alkyl halides is 3. The lowest BCUT2D eigenvalue weighted by Crippen LogP contribution is -2.33. The standard InChI is InChI=1S/C19H18F4N2O/c1-24-11-17(26)18(13-3-2-4-15(20)10-13)25-8-7-12-9-14(19(21,22)23)5-6-16(12)25/h2-10,17-18,24,26H,11H2,1H3/t17-,18+/m1/s1. The van der Waals surface area contributed by atoms with E-state index in [0.717, 1.165) is 12.1 Å². The first-order valence-corrected chi connectivity index (χ1v) is 8.07. The minimum Gasteiger partial charge on any atom is -0.389 e. The Morgan fingerprint density at radius 1 is 1.12 bits per heavy atom. The topological polar surface area (TPSA) is 37.2 Å². The number of halogens is 4. The van der Waals surface area contributed by atoms with Gasteiger partial charge in [-0.3, -0.25) is 0 Å². The molecule has 0 saturated heterocycles. The first-order valence-electron chi connectivity index (χ1n) is 8.07. The maximum atomic E-state index is 13.7. The molecule has 0 aliphatic rings. The molecule has 26 heavy (non-hydrogen) atoms. The highest BCUT2D eigenvalue weighted by atomic mass is 19.4. The largest absolute Gasteiger partial charge is 0.416 e. The molecule has 0 saturated carbocycles. The summed E-state index contributed by atoms with van der Waals surface area (Å²) < 4.78 is 54.1. The number of rotatable bonds is 5. The molecule has 2 aromatic carbocycles. The average molecular weight is 366 g/mol. The molecule has 0 fully saturated rings. The number of hydrogen-bond donors (Lipinski definition) is 2. The lowest BCUT2D eigenvalue weighted by atomic mass is 10.0. The lowest BCUT2D eigenvalue weighted by Gasteiger charge is -2.26. The molecule has 2 N–H and O–H groups in total. The first-order chi connectivity index (χ1) is 12.3. The van der Waals surface area contributed by atoms with Crippen LogP contribution in [0.3, 0.4) is 0 Å². The van der Waals surface area contributed by atoms with Gasteiger partial charge in [0.15, 0.2) is 0 Å². The molecular formula is C19H18F4N2O. The maximum Gasteiger partial charge on any atom is 0.416 e. The van der Waals surface area contributed by atoms with Crippen molar-refractivity contribution >= 4 is 10.9 Å². The summed E-state index contributed by atoms with van der Waals surface area (Å²) in [5.41, 5.74) is 0.327. The van der Waals surface area contributed by atoms with E-state index < -0.39 is 29.7 Å². The highest BCUT2D eigenvalue weighted by molar-refractivity contribution is 5.81. The zero-order valence-corrected chi connectivity index (χ0v) is 14.0. The molecule has 0 spiro atoms. The van der Waals surface area contributed by atoms with E-state index in [1.54, 1.807) is 29.9 Å². The van der Waals surface area contributed by atoms with Crippen LogP contribution in [0, 0.1) is 5.82 Å².